The minimum atomic E-state index is 0.0652. The van der Waals surface area contributed by atoms with Gasteiger partial charge in [-0.3, -0.25) is 14.5 Å². The van der Waals surface area contributed by atoms with Crippen LogP contribution in [0.15, 0.2) is 28.6 Å². The van der Waals surface area contributed by atoms with Crippen molar-refractivity contribution in [3.63, 3.8) is 0 Å². The summed E-state index contributed by atoms with van der Waals surface area (Å²) in [6.45, 7) is 3.78. The van der Waals surface area contributed by atoms with Crippen LogP contribution < -0.4 is 4.90 Å². The highest BCUT2D eigenvalue weighted by molar-refractivity contribution is 8.01. The summed E-state index contributed by atoms with van der Waals surface area (Å²) in [7, 11) is 0. The molecule has 0 bridgehead atoms. The van der Waals surface area contributed by atoms with E-state index < -0.39 is 0 Å². The zero-order valence-electron chi connectivity index (χ0n) is 15.2. The van der Waals surface area contributed by atoms with Crippen LogP contribution in [0.5, 0.6) is 0 Å². The Balaban J connectivity index is 1.47. The van der Waals surface area contributed by atoms with Crippen molar-refractivity contribution in [3.8, 4) is 0 Å². The summed E-state index contributed by atoms with van der Waals surface area (Å²) in [5, 5.41) is 9.96. The molecule has 3 aromatic rings. The lowest BCUT2D eigenvalue weighted by molar-refractivity contribution is -0.118. The molecular weight excluding hydrogens is 380 g/mol. The molecular formula is C19H20N4O2S2. The standard InChI is InChI=1S/C19H20N4O2S2/c1-3-16(25)23(12-8-9-12)18-21-22-19(27-18)26-10-15(24)17-11(2)20-14-7-5-4-6-13(14)17/h4-7,12,20H,3,8-10H2,1-2H3. The van der Waals surface area contributed by atoms with E-state index in [2.05, 4.69) is 15.2 Å². The maximum atomic E-state index is 12.8. The number of H-pyrrole nitrogens is 1. The third-order valence-electron chi connectivity index (χ3n) is 4.58. The van der Waals surface area contributed by atoms with Gasteiger partial charge < -0.3 is 4.98 Å². The Kier molecular flexibility index (Phi) is 5.01. The van der Waals surface area contributed by atoms with Crippen molar-refractivity contribution in [3.05, 3.63) is 35.5 Å². The number of hydrogen-bond acceptors (Lipinski definition) is 6. The van der Waals surface area contributed by atoms with Crippen LogP contribution in [0.2, 0.25) is 0 Å². The van der Waals surface area contributed by atoms with E-state index in [1.165, 1.54) is 23.1 Å². The first-order chi connectivity index (χ1) is 13.1. The number of aromatic nitrogens is 3. The number of benzene rings is 1. The van der Waals surface area contributed by atoms with E-state index in [9.17, 15) is 9.59 Å². The molecule has 1 aliphatic rings. The molecule has 1 fully saturated rings. The number of amides is 1. The highest BCUT2D eigenvalue weighted by Crippen LogP contribution is 2.36. The molecule has 27 heavy (non-hydrogen) atoms. The van der Waals surface area contributed by atoms with E-state index in [1.54, 1.807) is 4.90 Å². The normalized spacial score (nSPS) is 13.9. The maximum Gasteiger partial charge on any atom is 0.228 e. The average molecular weight is 401 g/mol. The van der Waals surface area contributed by atoms with Gasteiger partial charge >= 0.3 is 0 Å². The molecule has 2 heterocycles. The van der Waals surface area contributed by atoms with Gasteiger partial charge in [-0.1, -0.05) is 48.2 Å². The molecule has 0 spiro atoms. The highest BCUT2D eigenvalue weighted by atomic mass is 32.2. The molecule has 2 aromatic heterocycles. The minimum absolute atomic E-state index is 0.0652. The molecule has 0 atom stereocenters. The number of ketones is 1. The number of carbonyl (C=O) groups excluding carboxylic acids is 2. The monoisotopic (exact) mass is 400 g/mol. The van der Waals surface area contributed by atoms with Crippen molar-refractivity contribution in [2.24, 2.45) is 0 Å². The number of aryl methyl sites for hydroxylation is 1. The minimum Gasteiger partial charge on any atom is -0.358 e. The molecule has 8 heteroatoms. The molecule has 1 aliphatic carbocycles. The molecule has 1 N–H and O–H groups in total. The number of rotatable bonds is 7. The molecule has 0 unspecified atom stereocenters. The topological polar surface area (TPSA) is 79.0 Å². The number of Topliss-reactive ketones (excluding diaryl/α,β-unsaturated/α-hetero) is 1. The van der Waals surface area contributed by atoms with Gasteiger partial charge in [-0.25, -0.2) is 0 Å². The van der Waals surface area contributed by atoms with Gasteiger partial charge in [-0.2, -0.15) is 0 Å². The second-order valence-corrected chi connectivity index (χ2v) is 8.76. The second kappa shape index (κ2) is 7.44. The third kappa shape index (κ3) is 3.64. The summed E-state index contributed by atoms with van der Waals surface area (Å²) in [4.78, 5) is 30.0. The fourth-order valence-electron chi connectivity index (χ4n) is 3.16. The Hall–Kier alpha value is -2.19. The van der Waals surface area contributed by atoms with Gasteiger partial charge in [0.2, 0.25) is 11.0 Å². The summed E-state index contributed by atoms with van der Waals surface area (Å²) in [5.41, 5.74) is 2.59. The van der Waals surface area contributed by atoms with Gasteiger partial charge in [0, 0.05) is 34.6 Å². The fourth-order valence-corrected chi connectivity index (χ4v) is 4.97. The van der Waals surface area contributed by atoms with Crippen LogP contribution in [0, 0.1) is 6.92 Å². The van der Waals surface area contributed by atoms with Gasteiger partial charge in [-0.05, 0) is 25.8 Å². The lowest BCUT2D eigenvalue weighted by atomic mass is 10.1. The first kappa shape index (κ1) is 18.2. The smallest absolute Gasteiger partial charge is 0.228 e. The Morgan fingerprint density at radius 2 is 2.07 bits per heavy atom. The van der Waals surface area contributed by atoms with Gasteiger partial charge in [0.05, 0.1) is 5.75 Å². The quantitative estimate of drug-likeness (QED) is 0.365. The summed E-state index contributed by atoms with van der Waals surface area (Å²) < 4.78 is 0.713. The first-order valence-electron chi connectivity index (χ1n) is 8.97. The molecule has 0 aliphatic heterocycles. The number of carbonyl (C=O) groups is 2. The van der Waals surface area contributed by atoms with Gasteiger partial charge in [-0.15, -0.1) is 10.2 Å². The summed E-state index contributed by atoms with van der Waals surface area (Å²) in [6.07, 6.45) is 2.50. The van der Waals surface area contributed by atoms with Crippen LogP contribution in [0.1, 0.15) is 42.2 Å². The van der Waals surface area contributed by atoms with Crippen molar-refractivity contribution in [2.75, 3.05) is 10.7 Å². The molecule has 1 amide bonds. The zero-order chi connectivity index (χ0) is 19.0. The molecule has 1 aromatic carbocycles. The molecule has 0 saturated heterocycles. The zero-order valence-corrected chi connectivity index (χ0v) is 16.8. The van der Waals surface area contributed by atoms with Crippen LogP contribution in [0.4, 0.5) is 5.13 Å². The van der Waals surface area contributed by atoms with Crippen molar-refractivity contribution in [2.45, 2.75) is 43.5 Å². The Labute approximate surface area is 165 Å². The molecule has 1 saturated carbocycles. The number of aromatic amines is 1. The predicted octanol–water partition coefficient (Wildman–Crippen LogP) is 4.21. The van der Waals surface area contributed by atoms with Crippen LogP contribution in [-0.2, 0) is 4.79 Å². The van der Waals surface area contributed by atoms with Crippen molar-refractivity contribution in [1.29, 1.82) is 0 Å². The average Bonchev–Trinajstić information content (AvgIpc) is 3.28. The fraction of sp³-hybridized carbons (Fsp3) is 0.368. The maximum absolute atomic E-state index is 12.8. The largest absolute Gasteiger partial charge is 0.358 e. The van der Waals surface area contributed by atoms with E-state index >= 15 is 0 Å². The summed E-state index contributed by atoms with van der Waals surface area (Å²) >= 11 is 2.76. The van der Waals surface area contributed by atoms with E-state index in [0.29, 0.717) is 21.6 Å². The van der Waals surface area contributed by atoms with E-state index in [1.807, 2.05) is 38.1 Å². The second-order valence-electron chi connectivity index (χ2n) is 6.58. The number of hydrogen-bond donors (Lipinski definition) is 1. The van der Waals surface area contributed by atoms with E-state index in [0.717, 1.165) is 35.0 Å². The number of anilines is 1. The molecule has 140 valence electrons. The van der Waals surface area contributed by atoms with Crippen LogP contribution in [0.25, 0.3) is 10.9 Å². The van der Waals surface area contributed by atoms with Crippen molar-refractivity contribution >= 4 is 50.8 Å². The van der Waals surface area contributed by atoms with E-state index in [-0.39, 0.29) is 17.7 Å². The number of para-hydroxylation sites is 1. The Morgan fingerprint density at radius 3 is 2.81 bits per heavy atom. The number of nitrogens with zero attached hydrogens (tertiary/aromatic N) is 3. The number of fused-ring (bicyclic) bond motifs is 1. The predicted molar refractivity (Wildman–Crippen MR) is 109 cm³/mol. The lowest BCUT2D eigenvalue weighted by Gasteiger charge is -2.17. The summed E-state index contributed by atoms with van der Waals surface area (Å²) in [6, 6.07) is 8.09. The van der Waals surface area contributed by atoms with Gasteiger partial charge in [0.1, 0.15) is 0 Å². The highest BCUT2D eigenvalue weighted by Gasteiger charge is 2.35. The molecule has 0 radical (unpaired) electrons. The third-order valence-corrected chi connectivity index (χ3v) is 6.64. The molecule has 4 rings (SSSR count). The Morgan fingerprint density at radius 1 is 1.30 bits per heavy atom. The van der Waals surface area contributed by atoms with Gasteiger partial charge in [0.25, 0.3) is 0 Å². The molecule has 6 nitrogen and oxygen atoms in total. The summed E-state index contributed by atoms with van der Waals surface area (Å²) in [5.74, 6) is 0.439. The van der Waals surface area contributed by atoms with Crippen LogP contribution in [0.3, 0.4) is 0 Å². The lowest BCUT2D eigenvalue weighted by Crippen LogP contribution is -2.32. The van der Waals surface area contributed by atoms with E-state index in [4.69, 9.17) is 0 Å². The Bertz CT molecular complexity index is 1010. The van der Waals surface area contributed by atoms with Gasteiger partial charge in [0.15, 0.2) is 10.1 Å². The SMILES string of the molecule is CCC(=O)N(c1nnc(SCC(=O)c2c(C)[nH]c3ccccc23)s1)C1CC1. The number of nitrogens with one attached hydrogen (secondary N) is 1. The van der Waals surface area contributed by atoms with Crippen LogP contribution >= 0.6 is 23.1 Å². The number of thioether (sulfide) groups is 1. The first-order valence-corrected chi connectivity index (χ1v) is 10.8. The van der Waals surface area contributed by atoms with Crippen LogP contribution in [-0.4, -0.2) is 38.7 Å². The van der Waals surface area contributed by atoms with Crippen molar-refractivity contribution in [1.82, 2.24) is 15.2 Å². The van der Waals surface area contributed by atoms with Crippen molar-refractivity contribution < 1.29 is 9.59 Å².